The van der Waals surface area contributed by atoms with Gasteiger partial charge in [0.25, 0.3) is 0 Å². The summed E-state index contributed by atoms with van der Waals surface area (Å²) in [6, 6.07) is 1.39. The Kier molecular flexibility index (Phi) is 3.42. The Morgan fingerprint density at radius 1 is 1.43 bits per heavy atom. The van der Waals surface area contributed by atoms with Crippen molar-refractivity contribution in [1.82, 2.24) is 10.2 Å². The molecule has 0 saturated carbocycles. The summed E-state index contributed by atoms with van der Waals surface area (Å²) < 4.78 is 5.57. The summed E-state index contributed by atoms with van der Waals surface area (Å²) in [7, 11) is 0. The lowest BCUT2D eigenvalue weighted by atomic mass is 10.00. The first kappa shape index (κ1) is 10.4. The molecule has 2 heterocycles. The zero-order chi connectivity index (χ0) is 9.97. The van der Waals surface area contributed by atoms with Gasteiger partial charge in [-0.2, -0.15) is 0 Å². The second-order valence-corrected chi connectivity index (χ2v) is 4.77. The van der Waals surface area contributed by atoms with Crippen LogP contribution in [0.15, 0.2) is 0 Å². The highest BCUT2D eigenvalue weighted by atomic mass is 16.5. The average Bonchev–Trinajstić information content (AvgIpc) is 2.70. The Bertz CT molecular complexity index is 178. The summed E-state index contributed by atoms with van der Waals surface area (Å²) in [5, 5.41) is 3.45. The highest BCUT2D eigenvalue weighted by Gasteiger charge is 2.32. The maximum Gasteiger partial charge on any atom is 0.0625 e. The van der Waals surface area contributed by atoms with Crippen molar-refractivity contribution >= 4 is 0 Å². The Balaban J connectivity index is 1.98. The van der Waals surface area contributed by atoms with Crippen LogP contribution in [0.2, 0.25) is 0 Å². The third-order valence-electron chi connectivity index (χ3n) is 3.48. The second-order valence-electron chi connectivity index (χ2n) is 4.77. The normalized spacial score (nSPS) is 35.4. The van der Waals surface area contributed by atoms with Crippen molar-refractivity contribution in [3.63, 3.8) is 0 Å². The first-order valence-corrected chi connectivity index (χ1v) is 5.83. The number of morpholine rings is 1. The molecule has 82 valence electrons. The topological polar surface area (TPSA) is 24.5 Å². The quantitative estimate of drug-likeness (QED) is 0.707. The van der Waals surface area contributed by atoms with Gasteiger partial charge in [0, 0.05) is 25.2 Å². The minimum Gasteiger partial charge on any atom is -0.378 e. The smallest absolute Gasteiger partial charge is 0.0625 e. The maximum absolute atomic E-state index is 5.57. The van der Waals surface area contributed by atoms with Crippen LogP contribution in [0.1, 0.15) is 20.3 Å². The van der Waals surface area contributed by atoms with Crippen molar-refractivity contribution in [2.45, 2.75) is 32.4 Å². The molecule has 0 amide bonds. The minimum absolute atomic E-state index is 0.633. The van der Waals surface area contributed by atoms with Gasteiger partial charge in [-0.05, 0) is 18.9 Å². The first-order chi connectivity index (χ1) is 6.79. The standard InChI is InChI=1S/C11H22N2O/c1-9(2)11-8-14-6-5-13(11)10-3-4-12-7-10/h9-12H,3-8H2,1-2H3/t10-,11-/m1/s1. The highest BCUT2D eigenvalue weighted by Crippen LogP contribution is 2.20. The van der Waals surface area contributed by atoms with Crippen molar-refractivity contribution in [2.75, 3.05) is 32.8 Å². The molecule has 2 rings (SSSR count). The Hall–Kier alpha value is -0.120. The number of nitrogens with zero attached hydrogens (tertiary/aromatic N) is 1. The van der Waals surface area contributed by atoms with Gasteiger partial charge in [0.2, 0.25) is 0 Å². The molecule has 2 aliphatic rings. The molecule has 2 fully saturated rings. The van der Waals surface area contributed by atoms with Gasteiger partial charge in [-0.3, -0.25) is 4.90 Å². The Morgan fingerprint density at radius 2 is 2.29 bits per heavy atom. The molecule has 0 aliphatic carbocycles. The summed E-state index contributed by atoms with van der Waals surface area (Å²) in [6.45, 7) is 9.92. The summed E-state index contributed by atoms with van der Waals surface area (Å²) in [5.41, 5.74) is 0. The van der Waals surface area contributed by atoms with Gasteiger partial charge in [-0.15, -0.1) is 0 Å². The predicted octanol–water partition coefficient (Wildman–Crippen LogP) is 0.705. The zero-order valence-electron chi connectivity index (χ0n) is 9.33. The predicted molar refractivity (Wildman–Crippen MR) is 57.4 cm³/mol. The zero-order valence-corrected chi connectivity index (χ0v) is 9.33. The molecule has 1 N–H and O–H groups in total. The van der Waals surface area contributed by atoms with E-state index in [1.807, 2.05) is 0 Å². The molecule has 3 nitrogen and oxygen atoms in total. The van der Waals surface area contributed by atoms with Crippen LogP contribution >= 0.6 is 0 Å². The molecular formula is C11H22N2O. The van der Waals surface area contributed by atoms with Crippen LogP contribution in [0.3, 0.4) is 0 Å². The molecule has 0 aromatic heterocycles. The van der Waals surface area contributed by atoms with Crippen molar-refractivity contribution in [3.8, 4) is 0 Å². The molecule has 0 spiro atoms. The minimum atomic E-state index is 0.633. The molecule has 0 radical (unpaired) electrons. The van der Waals surface area contributed by atoms with E-state index in [1.54, 1.807) is 0 Å². The van der Waals surface area contributed by atoms with E-state index in [1.165, 1.54) is 19.5 Å². The van der Waals surface area contributed by atoms with Gasteiger partial charge in [-0.1, -0.05) is 13.8 Å². The molecule has 2 saturated heterocycles. The van der Waals surface area contributed by atoms with E-state index >= 15 is 0 Å². The summed E-state index contributed by atoms with van der Waals surface area (Å²) in [5.74, 6) is 0.705. The SMILES string of the molecule is CC(C)[C@H]1COCCN1[C@@H]1CCNC1. The lowest BCUT2D eigenvalue weighted by Crippen LogP contribution is -2.53. The van der Waals surface area contributed by atoms with E-state index in [0.29, 0.717) is 12.0 Å². The van der Waals surface area contributed by atoms with Crippen LogP contribution in [-0.4, -0.2) is 49.8 Å². The number of rotatable bonds is 2. The largest absolute Gasteiger partial charge is 0.378 e. The summed E-state index contributed by atoms with van der Waals surface area (Å²) in [4.78, 5) is 2.66. The monoisotopic (exact) mass is 198 g/mol. The molecular weight excluding hydrogens is 176 g/mol. The number of hydrogen-bond acceptors (Lipinski definition) is 3. The van der Waals surface area contributed by atoms with Gasteiger partial charge in [0.05, 0.1) is 13.2 Å². The number of nitrogens with one attached hydrogen (secondary N) is 1. The van der Waals surface area contributed by atoms with E-state index in [4.69, 9.17) is 4.74 Å². The Morgan fingerprint density at radius 3 is 2.93 bits per heavy atom. The highest BCUT2D eigenvalue weighted by molar-refractivity contribution is 4.88. The van der Waals surface area contributed by atoms with Crippen LogP contribution in [0.5, 0.6) is 0 Å². The molecule has 0 unspecified atom stereocenters. The van der Waals surface area contributed by atoms with Crippen LogP contribution in [-0.2, 0) is 4.74 Å². The first-order valence-electron chi connectivity index (χ1n) is 5.83. The van der Waals surface area contributed by atoms with Gasteiger partial charge in [0.1, 0.15) is 0 Å². The van der Waals surface area contributed by atoms with E-state index in [-0.39, 0.29) is 0 Å². The van der Waals surface area contributed by atoms with Gasteiger partial charge >= 0.3 is 0 Å². The average molecular weight is 198 g/mol. The van der Waals surface area contributed by atoms with E-state index in [0.717, 1.165) is 25.8 Å². The van der Waals surface area contributed by atoms with Crippen molar-refractivity contribution < 1.29 is 4.74 Å². The van der Waals surface area contributed by atoms with Crippen molar-refractivity contribution in [2.24, 2.45) is 5.92 Å². The van der Waals surface area contributed by atoms with Crippen molar-refractivity contribution in [1.29, 1.82) is 0 Å². The fourth-order valence-corrected chi connectivity index (χ4v) is 2.59. The van der Waals surface area contributed by atoms with Gasteiger partial charge in [-0.25, -0.2) is 0 Å². The van der Waals surface area contributed by atoms with E-state index in [2.05, 4.69) is 24.1 Å². The fourth-order valence-electron chi connectivity index (χ4n) is 2.59. The molecule has 2 atom stereocenters. The molecule has 0 aromatic carbocycles. The fraction of sp³-hybridized carbons (Fsp3) is 1.00. The third-order valence-corrected chi connectivity index (χ3v) is 3.48. The molecule has 14 heavy (non-hydrogen) atoms. The lowest BCUT2D eigenvalue weighted by Gasteiger charge is -2.41. The molecule has 0 aromatic rings. The second kappa shape index (κ2) is 4.60. The van der Waals surface area contributed by atoms with E-state index in [9.17, 15) is 0 Å². The van der Waals surface area contributed by atoms with Crippen LogP contribution < -0.4 is 5.32 Å². The maximum atomic E-state index is 5.57. The third kappa shape index (κ3) is 2.10. The van der Waals surface area contributed by atoms with Crippen LogP contribution in [0.4, 0.5) is 0 Å². The van der Waals surface area contributed by atoms with Crippen molar-refractivity contribution in [3.05, 3.63) is 0 Å². The van der Waals surface area contributed by atoms with Gasteiger partial charge < -0.3 is 10.1 Å². The van der Waals surface area contributed by atoms with E-state index < -0.39 is 0 Å². The number of ether oxygens (including phenoxy) is 1. The number of hydrogen-bond donors (Lipinski definition) is 1. The molecule has 0 bridgehead atoms. The Labute approximate surface area is 86.8 Å². The molecule has 3 heteroatoms. The van der Waals surface area contributed by atoms with Crippen LogP contribution in [0, 0.1) is 5.92 Å². The van der Waals surface area contributed by atoms with Crippen LogP contribution in [0.25, 0.3) is 0 Å². The molecule has 2 aliphatic heterocycles. The summed E-state index contributed by atoms with van der Waals surface area (Å²) >= 11 is 0. The van der Waals surface area contributed by atoms with Gasteiger partial charge in [0.15, 0.2) is 0 Å². The summed E-state index contributed by atoms with van der Waals surface area (Å²) in [6.07, 6.45) is 1.31. The lowest BCUT2D eigenvalue weighted by molar-refractivity contribution is -0.0415.